The number of hydrogen-bond donors (Lipinski definition) is 0. The van der Waals surface area contributed by atoms with Crippen LogP contribution in [-0.4, -0.2) is 48.0 Å². The molecule has 0 aliphatic carbocycles. The summed E-state index contributed by atoms with van der Waals surface area (Å²) >= 11 is 0. The van der Waals surface area contributed by atoms with E-state index < -0.39 is 0 Å². The topological polar surface area (TPSA) is 64.7 Å². The molecule has 0 saturated carbocycles. The summed E-state index contributed by atoms with van der Waals surface area (Å²) in [6.07, 6.45) is 7.34. The van der Waals surface area contributed by atoms with Crippen molar-refractivity contribution in [1.29, 1.82) is 0 Å². The Balaban J connectivity index is 1.73. The van der Waals surface area contributed by atoms with Gasteiger partial charge in [0.15, 0.2) is 5.82 Å². The number of tetrazole rings is 1. The van der Waals surface area contributed by atoms with Gasteiger partial charge in [0.2, 0.25) is 0 Å². The van der Waals surface area contributed by atoms with Crippen LogP contribution in [-0.2, 0) is 19.1 Å². The maximum Gasteiger partial charge on any atom is 0.165 e. The van der Waals surface area contributed by atoms with Gasteiger partial charge in [-0.2, -0.15) is 5.10 Å². The van der Waals surface area contributed by atoms with E-state index in [-0.39, 0.29) is 5.54 Å². The third-order valence-electron chi connectivity index (χ3n) is 3.84. The van der Waals surface area contributed by atoms with E-state index in [1.807, 2.05) is 22.6 Å². The first-order chi connectivity index (χ1) is 10.4. The summed E-state index contributed by atoms with van der Waals surface area (Å²) in [4.78, 5) is 2.39. The van der Waals surface area contributed by atoms with Crippen molar-refractivity contribution in [3.05, 3.63) is 29.9 Å². The second kappa shape index (κ2) is 5.64. The lowest BCUT2D eigenvalue weighted by Crippen LogP contribution is -2.33. The van der Waals surface area contributed by atoms with E-state index in [1.54, 1.807) is 0 Å². The third kappa shape index (κ3) is 3.09. The molecule has 0 atom stereocenters. The van der Waals surface area contributed by atoms with E-state index in [4.69, 9.17) is 0 Å². The first-order valence-corrected chi connectivity index (χ1v) is 7.61. The van der Waals surface area contributed by atoms with E-state index >= 15 is 0 Å². The molecular weight excluding hydrogens is 278 g/mol. The van der Waals surface area contributed by atoms with Gasteiger partial charge in [0, 0.05) is 31.9 Å². The first-order valence-electron chi connectivity index (χ1n) is 7.61. The molecule has 0 amide bonds. The monoisotopic (exact) mass is 301 g/mol. The van der Waals surface area contributed by atoms with Crippen LogP contribution >= 0.6 is 0 Å². The van der Waals surface area contributed by atoms with Crippen LogP contribution in [0.15, 0.2) is 18.5 Å². The van der Waals surface area contributed by atoms with Crippen LogP contribution in [0.1, 0.15) is 38.6 Å². The van der Waals surface area contributed by atoms with Gasteiger partial charge < -0.3 is 0 Å². The Morgan fingerprint density at radius 1 is 1.27 bits per heavy atom. The van der Waals surface area contributed by atoms with E-state index in [1.165, 1.54) is 11.1 Å². The van der Waals surface area contributed by atoms with Gasteiger partial charge in [0.1, 0.15) is 0 Å². The molecule has 0 unspecified atom stereocenters. The summed E-state index contributed by atoms with van der Waals surface area (Å²) in [5.41, 5.74) is 2.42. The molecular formula is C15H23N7. The lowest BCUT2D eigenvalue weighted by Gasteiger charge is -2.28. The van der Waals surface area contributed by atoms with Crippen LogP contribution in [0.4, 0.5) is 0 Å². The van der Waals surface area contributed by atoms with Crippen molar-refractivity contribution in [1.82, 2.24) is 34.9 Å². The Labute approximate surface area is 130 Å². The van der Waals surface area contributed by atoms with Crippen LogP contribution in [0.5, 0.6) is 0 Å². The molecule has 2 aromatic rings. The molecule has 0 aromatic carbocycles. The van der Waals surface area contributed by atoms with Crippen molar-refractivity contribution < 1.29 is 0 Å². The van der Waals surface area contributed by atoms with Crippen molar-refractivity contribution in [2.45, 2.75) is 39.3 Å². The van der Waals surface area contributed by atoms with E-state index in [0.717, 1.165) is 31.9 Å². The zero-order chi connectivity index (χ0) is 15.7. The van der Waals surface area contributed by atoms with Crippen molar-refractivity contribution in [3.8, 4) is 0 Å². The minimum atomic E-state index is -0.101. The number of aromatic nitrogens is 6. The molecule has 0 saturated heterocycles. The Hall–Kier alpha value is -2.02. The highest BCUT2D eigenvalue weighted by atomic mass is 15.6. The van der Waals surface area contributed by atoms with E-state index in [2.05, 4.69) is 58.6 Å². The molecule has 0 N–H and O–H groups in total. The van der Waals surface area contributed by atoms with Crippen molar-refractivity contribution in [2.24, 2.45) is 7.05 Å². The fourth-order valence-electron chi connectivity index (χ4n) is 2.76. The summed E-state index contributed by atoms with van der Waals surface area (Å²) < 4.78 is 3.75. The van der Waals surface area contributed by atoms with Gasteiger partial charge in [-0.3, -0.25) is 9.58 Å². The second-order valence-electron chi connectivity index (χ2n) is 6.81. The van der Waals surface area contributed by atoms with E-state index in [9.17, 15) is 0 Å². The Morgan fingerprint density at radius 2 is 2.09 bits per heavy atom. The number of nitrogens with zero attached hydrogens (tertiary/aromatic N) is 7. The molecule has 7 heteroatoms. The molecule has 0 radical (unpaired) electrons. The summed E-state index contributed by atoms with van der Waals surface area (Å²) in [7, 11) is 1.95. The van der Waals surface area contributed by atoms with Crippen LogP contribution < -0.4 is 0 Å². The average molecular weight is 301 g/mol. The fraction of sp³-hybridized carbons (Fsp3) is 0.600. The largest absolute Gasteiger partial charge is 0.291 e. The highest BCUT2D eigenvalue weighted by molar-refractivity contribution is 5.66. The predicted molar refractivity (Wildman–Crippen MR) is 83.9 cm³/mol. The Kier molecular flexibility index (Phi) is 3.82. The molecule has 1 aliphatic rings. The molecule has 3 rings (SSSR count). The zero-order valence-corrected chi connectivity index (χ0v) is 13.7. The van der Waals surface area contributed by atoms with Gasteiger partial charge in [-0.05, 0) is 43.2 Å². The molecule has 0 fully saturated rings. The Bertz CT molecular complexity index is 674. The SMILES string of the molecule is Cn1cc(C2=CCCN(Cc3nnnn3C(C)(C)C)C2)cn1. The number of rotatable bonds is 3. The lowest BCUT2D eigenvalue weighted by atomic mass is 10.0. The van der Waals surface area contributed by atoms with Crippen LogP contribution in [0.2, 0.25) is 0 Å². The van der Waals surface area contributed by atoms with Crippen molar-refractivity contribution in [2.75, 3.05) is 13.1 Å². The smallest absolute Gasteiger partial charge is 0.165 e. The summed E-state index contributed by atoms with van der Waals surface area (Å²) in [5, 5.41) is 16.4. The van der Waals surface area contributed by atoms with Gasteiger partial charge in [-0.25, -0.2) is 4.68 Å². The molecule has 2 aromatic heterocycles. The minimum Gasteiger partial charge on any atom is -0.291 e. The maximum atomic E-state index is 4.26. The van der Waals surface area contributed by atoms with Crippen molar-refractivity contribution >= 4 is 5.57 Å². The summed E-state index contributed by atoms with van der Waals surface area (Å²) in [6.45, 7) is 9.05. The fourth-order valence-corrected chi connectivity index (χ4v) is 2.76. The predicted octanol–water partition coefficient (Wildman–Crippen LogP) is 1.45. The summed E-state index contributed by atoms with van der Waals surface area (Å²) in [5.74, 6) is 0.917. The molecule has 22 heavy (non-hydrogen) atoms. The van der Waals surface area contributed by atoms with Gasteiger partial charge in [-0.15, -0.1) is 5.10 Å². The van der Waals surface area contributed by atoms with Gasteiger partial charge in [0.05, 0.1) is 18.3 Å². The quantitative estimate of drug-likeness (QED) is 0.858. The van der Waals surface area contributed by atoms with E-state index in [0.29, 0.717) is 0 Å². The lowest BCUT2D eigenvalue weighted by molar-refractivity contribution is 0.261. The third-order valence-corrected chi connectivity index (χ3v) is 3.84. The standard InChI is InChI=1S/C15H23N7/c1-15(2,3)22-14(17-18-19-22)11-21-7-5-6-12(10-21)13-8-16-20(4)9-13/h6,8-9H,5,7,10-11H2,1-4H3. The normalized spacial score (nSPS) is 16.8. The molecule has 118 valence electrons. The van der Waals surface area contributed by atoms with Gasteiger partial charge >= 0.3 is 0 Å². The molecule has 0 spiro atoms. The van der Waals surface area contributed by atoms with Crippen LogP contribution in [0, 0.1) is 0 Å². The minimum absolute atomic E-state index is 0.101. The second-order valence-corrected chi connectivity index (χ2v) is 6.81. The van der Waals surface area contributed by atoms with Gasteiger partial charge in [0.25, 0.3) is 0 Å². The average Bonchev–Trinajstić information content (AvgIpc) is 3.07. The maximum absolute atomic E-state index is 4.26. The zero-order valence-electron chi connectivity index (χ0n) is 13.7. The molecule has 0 bridgehead atoms. The highest BCUT2D eigenvalue weighted by Gasteiger charge is 2.23. The number of aryl methyl sites for hydroxylation is 1. The van der Waals surface area contributed by atoms with Crippen molar-refractivity contribution in [3.63, 3.8) is 0 Å². The Morgan fingerprint density at radius 3 is 2.77 bits per heavy atom. The number of hydrogen-bond acceptors (Lipinski definition) is 5. The van der Waals surface area contributed by atoms with Crippen LogP contribution in [0.3, 0.4) is 0 Å². The van der Waals surface area contributed by atoms with Gasteiger partial charge in [-0.1, -0.05) is 6.08 Å². The highest BCUT2D eigenvalue weighted by Crippen LogP contribution is 2.22. The van der Waals surface area contributed by atoms with Crippen LogP contribution in [0.25, 0.3) is 5.57 Å². The molecule has 1 aliphatic heterocycles. The first kappa shape index (κ1) is 14.9. The molecule has 3 heterocycles. The molecule has 7 nitrogen and oxygen atoms in total. The summed E-state index contributed by atoms with van der Waals surface area (Å²) in [6, 6.07) is 0.